The van der Waals surface area contributed by atoms with Crippen LogP contribution >= 0.6 is 0 Å². The molecule has 228 valence electrons. The van der Waals surface area contributed by atoms with E-state index in [1.165, 1.54) is 16.5 Å². The van der Waals surface area contributed by atoms with Gasteiger partial charge in [0.2, 0.25) is 6.54 Å². The Morgan fingerprint density at radius 3 is 2.84 bits per heavy atom. The van der Waals surface area contributed by atoms with Crippen molar-refractivity contribution in [1.82, 2.24) is 19.8 Å². The van der Waals surface area contributed by atoms with Gasteiger partial charge in [-0.1, -0.05) is 24.8 Å². The number of amides is 1. The zero-order valence-electron chi connectivity index (χ0n) is 24.6. The minimum Gasteiger partial charge on any atom is -0.507 e. The van der Waals surface area contributed by atoms with Crippen LogP contribution in [0.15, 0.2) is 36.7 Å². The number of phenols is 1. The third kappa shape index (κ3) is 4.81. The zero-order chi connectivity index (χ0) is 30.7. The molecule has 2 saturated heterocycles. The fourth-order valence-electron chi connectivity index (χ4n) is 7.36. The van der Waals surface area contributed by atoms with E-state index >= 15 is 4.39 Å². The lowest BCUT2D eigenvalue weighted by Gasteiger charge is -2.39. The molecule has 3 fully saturated rings. The van der Waals surface area contributed by atoms with Gasteiger partial charge in [0, 0.05) is 31.1 Å². The van der Waals surface area contributed by atoms with Crippen molar-refractivity contribution in [1.29, 1.82) is 0 Å². The molecule has 1 amide bonds. The van der Waals surface area contributed by atoms with Crippen molar-refractivity contribution in [3.05, 3.63) is 65.0 Å². The Morgan fingerprint density at radius 2 is 2.09 bits per heavy atom. The summed E-state index contributed by atoms with van der Waals surface area (Å²) in [5.74, 6) is -1.37. The van der Waals surface area contributed by atoms with Crippen molar-refractivity contribution in [2.24, 2.45) is 5.92 Å². The quantitative estimate of drug-likeness (QED) is 0.311. The highest BCUT2D eigenvalue weighted by molar-refractivity contribution is 5.97. The van der Waals surface area contributed by atoms with Crippen molar-refractivity contribution in [3.63, 3.8) is 0 Å². The van der Waals surface area contributed by atoms with Gasteiger partial charge in [0.15, 0.2) is 11.6 Å². The van der Waals surface area contributed by atoms with Crippen molar-refractivity contribution < 1.29 is 23.4 Å². The van der Waals surface area contributed by atoms with Crippen molar-refractivity contribution in [3.8, 4) is 22.9 Å². The molecule has 0 unspecified atom stereocenters. The number of ether oxygens (including phenoxy) is 1. The smallest absolute Gasteiger partial charge is 0.319 e. The van der Waals surface area contributed by atoms with Gasteiger partial charge >= 0.3 is 6.01 Å². The first kappa shape index (κ1) is 28.5. The molecule has 0 spiro atoms. The Bertz CT molecular complexity index is 1720. The van der Waals surface area contributed by atoms with Gasteiger partial charge < -0.3 is 29.4 Å². The molecule has 1 saturated carbocycles. The van der Waals surface area contributed by atoms with Crippen LogP contribution in [0.25, 0.3) is 26.9 Å². The Balaban J connectivity index is 1.32. The van der Waals surface area contributed by atoms with Crippen LogP contribution in [-0.2, 0) is 11.2 Å². The fraction of sp³-hybridized carbons (Fsp3) is 0.455. The first-order valence-corrected chi connectivity index (χ1v) is 15.2. The number of anilines is 1. The number of aromatic hydroxyl groups is 1. The summed E-state index contributed by atoms with van der Waals surface area (Å²) in [4.78, 5) is 30.5. The second-order valence-electron chi connectivity index (χ2n) is 12.4. The number of fused-ring (bicyclic) bond motifs is 4. The van der Waals surface area contributed by atoms with Gasteiger partial charge in [0.25, 0.3) is 5.91 Å². The van der Waals surface area contributed by atoms with Gasteiger partial charge in [0.05, 0.1) is 5.56 Å². The van der Waals surface area contributed by atoms with Gasteiger partial charge in [-0.25, -0.2) is 15.4 Å². The molecule has 1 aromatic heterocycles. The largest absolute Gasteiger partial charge is 0.507 e. The van der Waals surface area contributed by atoms with Crippen molar-refractivity contribution >= 4 is 22.6 Å². The first-order chi connectivity index (χ1) is 21.2. The van der Waals surface area contributed by atoms with Gasteiger partial charge in [-0.15, -0.1) is 0 Å². The second kappa shape index (κ2) is 11.0. The van der Waals surface area contributed by atoms with Crippen LogP contribution in [0.1, 0.15) is 36.3 Å². The number of likely N-dealkylation sites (tertiary alicyclic amines) is 1. The van der Waals surface area contributed by atoms with Gasteiger partial charge in [-0.05, 0) is 73.9 Å². The summed E-state index contributed by atoms with van der Waals surface area (Å²) >= 11 is 0. The summed E-state index contributed by atoms with van der Waals surface area (Å²) in [7, 11) is 2.04. The predicted octanol–water partition coefficient (Wildman–Crippen LogP) is 4.69. The highest BCUT2D eigenvalue weighted by Crippen LogP contribution is 2.58. The van der Waals surface area contributed by atoms with E-state index in [1.54, 1.807) is 0 Å². The zero-order valence-corrected chi connectivity index (χ0v) is 24.6. The van der Waals surface area contributed by atoms with Gasteiger partial charge in [0.1, 0.15) is 29.7 Å². The van der Waals surface area contributed by atoms with E-state index in [1.807, 2.05) is 24.1 Å². The van der Waals surface area contributed by atoms with Gasteiger partial charge in [-0.3, -0.25) is 4.79 Å². The molecule has 2 aromatic carbocycles. The van der Waals surface area contributed by atoms with E-state index in [9.17, 15) is 14.3 Å². The molecule has 2 aliphatic carbocycles. The van der Waals surface area contributed by atoms with E-state index in [-0.39, 0.29) is 55.1 Å². The number of carbonyl (C=O) groups is 1. The lowest BCUT2D eigenvalue weighted by atomic mass is 9.92. The minimum absolute atomic E-state index is 0.0141. The number of likely N-dealkylation sites (N-methyl/N-ethyl adjacent to an activating group) is 1. The maximum Gasteiger partial charge on any atom is 0.319 e. The number of nitrogens with zero attached hydrogens (tertiary/aromatic N) is 6. The van der Waals surface area contributed by atoms with Crippen molar-refractivity contribution in [2.75, 3.05) is 51.3 Å². The molecule has 2 aliphatic heterocycles. The maximum absolute atomic E-state index is 16.7. The number of rotatable bonds is 7. The lowest BCUT2D eigenvalue weighted by Crippen LogP contribution is -2.56. The summed E-state index contributed by atoms with van der Waals surface area (Å²) in [6, 6.07) is 6.92. The number of hydrogen-bond acceptors (Lipinski definition) is 7. The molecule has 7 rings (SSSR count). The number of halogens is 2. The maximum atomic E-state index is 16.7. The average molecular weight is 601 g/mol. The van der Waals surface area contributed by atoms with E-state index in [4.69, 9.17) is 16.3 Å². The van der Waals surface area contributed by atoms with Crippen LogP contribution in [0.4, 0.5) is 14.6 Å². The fourth-order valence-corrected chi connectivity index (χ4v) is 7.36. The number of piperazine rings is 1. The number of hydrogen-bond donors (Lipinski definition) is 1. The third-order valence-electron chi connectivity index (χ3n) is 9.79. The topological polar surface area (TPSA) is 86.4 Å². The summed E-state index contributed by atoms with van der Waals surface area (Å²) in [6.45, 7) is 12.3. The van der Waals surface area contributed by atoms with E-state index < -0.39 is 23.6 Å². The molecule has 4 atom stereocenters. The highest BCUT2D eigenvalue weighted by atomic mass is 19.1. The summed E-state index contributed by atoms with van der Waals surface area (Å²) in [5.41, 5.74) is 3.13. The predicted molar refractivity (Wildman–Crippen MR) is 162 cm³/mol. The number of aromatic nitrogens is 2. The number of phenolic OH excluding ortho intramolecular Hbond substituents is 1. The SMILES string of the molecule is [C-]#[N+]C[C@H]1CN(c2nc(OC[C@@H]3CCCN3C)nc3c(F)c(-c4cccc5c4C[C@H]4C[C@@H]54)c(O)cc23)CCN1C(=O)C(=C)F. The monoisotopic (exact) mass is 600 g/mol. The molecule has 3 aromatic rings. The standard InChI is InChI=1S/C33H34F2N6O3/c1-18(34)32(43)41-11-10-40(16-21(41)15-36-2)31-26-14-27(42)28(23-8-4-7-22-24-12-19(24)13-25(22)23)29(35)30(26)37-33(38-31)44-17-20-6-5-9-39(20)3/h4,7-8,14,19-21,24,42H,1,5-6,9-13,15-17H2,3H3/t19-,20+,21+,24-/m1/s1. The number of carbonyl (C=O) groups excluding carboxylic acids is 1. The molecule has 0 bridgehead atoms. The number of benzene rings is 2. The Hall–Kier alpha value is -4.30. The molecule has 44 heavy (non-hydrogen) atoms. The molecular weight excluding hydrogens is 566 g/mol. The van der Waals surface area contributed by atoms with Crippen LogP contribution in [0, 0.1) is 18.3 Å². The first-order valence-electron chi connectivity index (χ1n) is 15.2. The molecule has 11 heteroatoms. The summed E-state index contributed by atoms with van der Waals surface area (Å²) in [5, 5.41) is 11.6. The third-order valence-corrected chi connectivity index (χ3v) is 9.79. The molecule has 1 N–H and O–H groups in total. The minimum atomic E-state index is -1.09. The van der Waals surface area contributed by atoms with Gasteiger partial charge in [-0.2, -0.15) is 9.97 Å². The van der Waals surface area contributed by atoms with Crippen LogP contribution in [0.2, 0.25) is 0 Å². The van der Waals surface area contributed by atoms with E-state index in [0.29, 0.717) is 35.2 Å². The molecule has 3 heterocycles. The Labute approximate surface area is 254 Å². The van der Waals surface area contributed by atoms with Crippen LogP contribution in [0.5, 0.6) is 11.8 Å². The average Bonchev–Trinajstić information content (AvgIpc) is 3.50. The van der Waals surface area contributed by atoms with Crippen LogP contribution < -0.4 is 9.64 Å². The normalized spacial score (nSPS) is 24.2. The van der Waals surface area contributed by atoms with E-state index in [0.717, 1.165) is 37.8 Å². The highest BCUT2D eigenvalue weighted by Gasteiger charge is 2.46. The van der Waals surface area contributed by atoms with Crippen molar-refractivity contribution in [2.45, 2.75) is 43.7 Å². The molecule has 9 nitrogen and oxygen atoms in total. The van der Waals surface area contributed by atoms with Crippen LogP contribution in [-0.4, -0.2) is 89.2 Å². The molecule has 0 radical (unpaired) electrons. The molecule has 4 aliphatic rings. The second-order valence-corrected chi connectivity index (χ2v) is 12.4. The Kier molecular flexibility index (Phi) is 7.12. The molecular formula is C33H34F2N6O3. The summed E-state index contributed by atoms with van der Waals surface area (Å²) in [6.07, 6.45) is 4.05. The van der Waals surface area contributed by atoms with Crippen LogP contribution in [0.3, 0.4) is 0 Å². The van der Waals surface area contributed by atoms with E-state index in [2.05, 4.69) is 27.4 Å². The summed E-state index contributed by atoms with van der Waals surface area (Å²) < 4.78 is 36.6. The Morgan fingerprint density at radius 1 is 1.25 bits per heavy atom. The lowest BCUT2D eigenvalue weighted by molar-refractivity contribution is -0.131.